The van der Waals surface area contributed by atoms with Gasteiger partial charge in [-0.1, -0.05) is 12.1 Å². The maximum Gasteiger partial charge on any atom is 0.451 e. The van der Waals surface area contributed by atoms with E-state index in [2.05, 4.69) is 0 Å². The van der Waals surface area contributed by atoms with Crippen LogP contribution in [0.1, 0.15) is 5.56 Å². The van der Waals surface area contributed by atoms with Crippen molar-refractivity contribution in [1.82, 2.24) is 0 Å². The first-order valence-corrected chi connectivity index (χ1v) is 4.21. The van der Waals surface area contributed by atoms with Gasteiger partial charge in [0.2, 0.25) is 0 Å². The lowest BCUT2D eigenvalue weighted by Crippen LogP contribution is -2.11. The molecule has 1 aromatic rings. The van der Waals surface area contributed by atoms with Crippen molar-refractivity contribution in [2.75, 3.05) is 7.11 Å². The summed E-state index contributed by atoms with van der Waals surface area (Å²) >= 11 is 0. The van der Waals surface area contributed by atoms with Gasteiger partial charge >= 0.3 is 7.12 Å². The third-order valence-electron chi connectivity index (χ3n) is 1.83. The average Bonchev–Trinajstić information content (AvgIpc) is 2.15. The fourth-order valence-corrected chi connectivity index (χ4v) is 1.12. The van der Waals surface area contributed by atoms with E-state index in [4.69, 9.17) is 14.8 Å². The smallest absolute Gasteiger partial charge is 0.451 e. The van der Waals surface area contributed by atoms with E-state index in [0.29, 0.717) is 12.7 Å². The highest BCUT2D eigenvalue weighted by Crippen LogP contribution is 2.14. The molecule has 2 N–H and O–H groups in total. The number of ether oxygens (including phenoxy) is 1. The molecule has 0 aliphatic rings. The standard InChI is InChI=1S/C9H13BO3/c1-13-9-4-2-3-8(7-9)5-6-10(11)12/h2-4,7,11-12H,5-6H2,1H3. The van der Waals surface area contributed by atoms with Crippen LogP contribution in [0.2, 0.25) is 6.32 Å². The highest BCUT2D eigenvalue weighted by atomic mass is 16.5. The number of aryl methyl sites for hydroxylation is 1. The molecule has 0 saturated heterocycles. The van der Waals surface area contributed by atoms with Gasteiger partial charge in [-0.05, 0) is 30.4 Å². The maximum atomic E-state index is 8.66. The molecular weight excluding hydrogens is 167 g/mol. The van der Waals surface area contributed by atoms with Crippen molar-refractivity contribution in [1.29, 1.82) is 0 Å². The van der Waals surface area contributed by atoms with Gasteiger partial charge in [-0.25, -0.2) is 0 Å². The summed E-state index contributed by atoms with van der Waals surface area (Å²) in [6.45, 7) is 0. The molecule has 70 valence electrons. The number of rotatable bonds is 4. The van der Waals surface area contributed by atoms with Gasteiger partial charge in [-0.3, -0.25) is 0 Å². The number of hydrogen-bond donors (Lipinski definition) is 2. The minimum absolute atomic E-state index is 0.354. The van der Waals surface area contributed by atoms with Crippen molar-refractivity contribution in [3.05, 3.63) is 29.8 Å². The van der Waals surface area contributed by atoms with Gasteiger partial charge in [0.15, 0.2) is 0 Å². The van der Waals surface area contributed by atoms with Crippen molar-refractivity contribution in [2.24, 2.45) is 0 Å². The fourth-order valence-electron chi connectivity index (χ4n) is 1.12. The number of methoxy groups -OCH3 is 1. The van der Waals surface area contributed by atoms with E-state index < -0.39 is 7.12 Å². The van der Waals surface area contributed by atoms with Crippen LogP contribution in [0.3, 0.4) is 0 Å². The first-order chi connectivity index (χ1) is 6.22. The van der Waals surface area contributed by atoms with Gasteiger partial charge in [0.25, 0.3) is 0 Å². The summed E-state index contributed by atoms with van der Waals surface area (Å²) < 4.78 is 5.04. The Kier molecular flexibility index (Phi) is 3.80. The Morgan fingerprint density at radius 3 is 2.77 bits per heavy atom. The van der Waals surface area contributed by atoms with Crippen LogP contribution in [-0.4, -0.2) is 24.3 Å². The first-order valence-electron chi connectivity index (χ1n) is 4.21. The van der Waals surface area contributed by atoms with Crippen molar-refractivity contribution in [2.45, 2.75) is 12.7 Å². The Morgan fingerprint density at radius 1 is 1.38 bits per heavy atom. The molecule has 0 unspecified atom stereocenters. The molecule has 0 spiro atoms. The highest BCUT2D eigenvalue weighted by Gasteiger charge is 2.06. The Labute approximate surface area is 78.1 Å². The van der Waals surface area contributed by atoms with Crippen LogP contribution >= 0.6 is 0 Å². The van der Waals surface area contributed by atoms with Crippen LogP contribution in [0.4, 0.5) is 0 Å². The molecule has 0 saturated carbocycles. The zero-order valence-corrected chi connectivity index (χ0v) is 7.60. The third-order valence-corrected chi connectivity index (χ3v) is 1.83. The van der Waals surface area contributed by atoms with Crippen LogP contribution in [0.5, 0.6) is 5.75 Å². The molecule has 1 rings (SSSR count). The number of benzene rings is 1. The summed E-state index contributed by atoms with van der Waals surface area (Å²) in [6.07, 6.45) is 1.00. The molecule has 0 bridgehead atoms. The predicted molar refractivity (Wildman–Crippen MR) is 51.7 cm³/mol. The Balaban J connectivity index is 2.56. The largest absolute Gasteiger partial charge is 0.497 e. The molecule has 4 heteroatoms. The van der Waals surface area contributed by atoms with Crippen LogP contribution in [0.15, 0.2) is 24.3 Å². The summed E-state index contributed by atoms with van der Waals surface area (Å²) in [5.41, 5.74) is 1.05. The summed E-state index contributed by atoms with van der Waals surface area (Å²) in [6, 6.07) is 7.57. The minimum atomic E-state index is -1.23. The zero-order chi connectivity index (χ0) is 9.68. The quantitative estimate of drug-likeness (QED) is 0.670. The molecule has 0 heterocycles. The van der Waals surface area contributed by atoms with Crippen LogP contribution in [0.25, 0.3) is 0 Å². The number of hydrogen-bond acceptors (Lipinski definition) is 3. The van der Waals surface area contributed by atoms with Gasteiger partial charge in [0, 0.05) is 0 Å². The van der Waals surface area contributed by atoms with Crippen molar-refractivity contribution >= 4 is 7.12 Å². The van der Waals surface area contributed by atoms with E-state index in [1.54, 1.807) is 7.11 Å². The van der Waals surface area contributed by atoms with E-state index in [-0.39, 0.29) is 0 Å². The van der Waals surface area contributed by atoms with Gasteiger partial charge in [0.1, 0.15) is 5.75 Å². The second kappa shape index (κ2) is 4.89. The zero-order valence-electron chi connectivity index (χ0n) is 7.60. The van der Waals surface area contributed by atoms with E-state index in [1.807, 2.05) is 24.3 Å². The molecule has 0 aliphatic heterocycles. The van der Waals surface area contributed by atoms with Crippen LogP contribution < -0.4 is 4.74 Å². The van der Waals surface area contributed by atoms with Crippen molar-refractivity contribution < 1.29 is 14.8 Å². The van der Waals surface area contributed by atoms with Gasteiger partial charge in [-0.15, -0.1) is 0 Å². The summed E-state index contributed by atoms with van der Waals surface area (Å²) in [4.78, 5) is 0. The molecule has 0 radical (unpaired) electrons. The monoisotopic (exact) mass is 180 g/mol. The second-order valence-corrected chi connectivity index (χ2v) is 2.87. The third kappa shape index (κ3) is 3.48. The van der Waals surface area contributed by atoms with Crippen molar-refractivity contribution in [3.63, 3.8) is 0 Å². The van der Waals surface area contributed by atoms with Gasteiger partial charge in [-0.2, -0.15) is 0 Å². The molecule has 0 amide bonds. The maximum absolute atomic E-state index is 8.66. The normalized spacial score (nSPS) is 9.77. The Bertz CT molecular complexity index is 263. The molecule has 0 aromatic heterocycles. The first kappa shape index (κ1) is 10.1. The molecule has 0 atom stereocenters. The van der Waals surface area contributed by atoms with E-state index >= 15 is 0 Å². The minimum Gasteiger partial charge on any atom is -0.497 e. The Hall–Kier alpha value is -0.995. The Morgan fingerprint density at radius 2 is 2.15 bits per heavy atom. The van der Waals surface area contributed by atoms with Crippen molar-refractivity contribution in [3.8, 4) is 5.75 Å². The molecular formula is C9H13BO3. The fraction of sp³-hybridized carbons (Fsp3) is 0.333. The molecule has 3 nitrogen and oxygen atoms in total. The topological polar surface area (TPSA) is 49.7 Å². The summed E-state index contributed by atoms with van der Waals surface area (Å²) in [5, 5.41) is 17.3. The van der Waals surface area contributed by atoms with Crippen LogP contribution in [-0.2, 0) is 6.42 Å². The summed E-state index contributed by atoms with van der Waals surface area (Å²) in [5.74, 6) is 0.796. The SMILES string of the molecule is COc1cccc(CCB(O)O)c1. The van der Waals surface area contributed by atoms with E-state index in [1.165, 1.54) is 0 Å². The molecule has 1 aromatic carbocycles. The molecule has 13 heavy (non-hydrogen) atoms. The van der Waals surface area contributed by atoms with Gasteiger partial charge < -0.3 is 14.8 Å². The predicted octanol–water partition coefficient (Wildman–Crippen LogP) is 0.710. The van der Waals surface area contributed by atoms with E-state index in [9.17, 15) is 0 Å². The average molecular weight is 180 g/mol. The lowest BCUT2D eigenvalue weighted by molar-refractivity contribution is 0.404. The molecule has 0 fully saturated rings. The molecule has 0 aliphatic carbocycles. The lowest BCUT2D eigenvalue weighted by atomic mass is 9.83. The second-order valence-electron chi connectivity index (χ2n) is 2.87. The highest BCUT2D eigenvalue weighted by molar-refractivity contribution is 6.40. The lowest BCUT2D eigenvalue weighted by Gasteiger charge is -2.03. The van der Waals surface area contributed by atoms with Crippen LogP contribution in [0, 0.1) is 0 Å². The van der Waals surface area contributed by atoms with E-state index in [0.717, 1.165) is 11.3 Å². The summed E-state index contributed by atoms with van der Waals surface area (Å²) in [7, 11) is 0.381. The van der Waals surface area contributed by atoms with Gasteiger partial charge in [0.05, 0.1) is 7.11 Å².